The molecule has 8 heteroatoms. The number of carbonyl (C=O) groups excluding carboxylic acids is 1. The average Bonchev–Trinajstić information content (AvgIpc) is 3.31. The van der Waals surface area contributed by atoms with E-state index in [0.29, 0.717) is 0 Å². The van der Waals surface area contributed by atoms with Gasteiger partial charge in [0.05, 0.1) is 15.8 Å². The molecule has 2 aromatic heterocycles. The van der Waals surface area contributed by atoms with Gasteiger partial charge in [-0.25, -0.2) is 18.0 Å². The number of hydrogen-bond acceptors (Lipinski definition) is 4. The summed E-state index contributed by atoms with van der Waals surface area (Å²) in [6, 6.07) is 8.10. The van der Waals surface area contributed by atoms with E-state index in [4.69, 9.17) is 4.42 Å². The van der Waals surface area contributed by atoms with Crippen molar-refractivity contribution in [1.82, 2.24) is 0 Å². The summed E-state index contributed by atoms with van der Waals surface area (Å²) in [6.07, 6.45) is -0.352. The molecule has 2 aromatic carbocycles. The van der Waals surface area contributed by atoms with E-state index in [0.717, 1.165) is 11.3 Å². The van der Waals surface area contributed by atoms with Crippen LogP contribution in [0.25, 0.3) is 21.4 Å². The lowest BCUT2D eigenvalue weighted by atomic mass is 10.0. The summed E-state index contributed by atoms with van der Waals surface area (Å²) < 4.78 is 47.6. The number of carboxylic acid groups (broad SMARTS) is 1. The van der Waals surface area contributed by atoms with Crippen LogP contribution in [0, 0.1) is 24.4 Å². The predicted molar refractivity (Wildman–Crippen MR) is 106 cm³/mol. The Morgan fingerprint density at radius 3 is 2.57 bits per heavy atom. The Morgan fingerprint density at radius 2 is 1.87 bits per heavy atom. The van der Waals surface area contributed by atoms with Crippen LogP contribution in [0.4, 0.5) is 13.2 Å². The molecule has 0 aliphatic heterocycles. The van der Waals surface area contributed by atoms with Crippen molar-refractivity contribution in [3.05, 3.63) is 81.7 Å². The van der Waals surface area contributed by atoms with Crippen molar-refractivity contribution >= 4 is 34.1 Å². The van der Waals surface area contributed by atoms with Crippen LogP contribution in [0.2, 0.25) is 0 Å². The number of fused-ring (bicyclic) bond motifs is 1. The van der Waals surface area contributed by atoms with Crippen LogP contribution in [0.1, 0.15) is 32.0 Å². The van der Waals surface area contributed by atoms with Crippen LogP contribution in [-0.4, -0.2) is 16.9 Å². The molecule has 30 heavy (non-hydrogen) atoms. The van der Waals surface area contributed by atoms with Gasteiger partial charge in [-0.2, -0.15) is 0 Å². The minimum atomic E-state index is -1.37. The molecule has 4 rings (SSSR count). The standard InChI is InChI=1S/C22H13F3O4S/c1-10-5-6-12(20(25)19(10)24)21-18(22(27)28)11(9-30-21)7-15(26)17-8-13-14(23)3-2-4-16(13)29-17/h2-6,8-9H,7H2,1H3,(H,27,28). The largest absolute Gasteiger partial charge is 0.478 e. The number of thiophene rings is 1. The summed E-state index contributed by atoms with van der Waals surface area (Å²) in [6.45, 7) is 1.40. The average molecular weight is 430 g/mol. The monoisotopic (exact) mass is 430 g/mol. The minimum absolute atomic E-state index is 0.0114. The second kappa shape index (κ2) is 7.46. The summed E-state index contributed by atoms with van der Waals surface area (Å²) in [7, 11) is 0. The highest BCUT2D eigenvalue weighted by Gasteiger charge is 2.25. The Morgan fingerprint density at radius 1 is 1.10 bits per heavy atom. The van der Waals surface area contributed by atoms with E-state index < -0.39 is 29.2 Å². The van der Waals surface area contributed by atoms with E-state index >= 15 is 0 Å². The molecule has 0 radical (unpaired) electrons. The van der Waals surface area contributed by atoms with Crippen molar-refractivity contribution in [3.8, 4) is 10.4 Å². The molecule has 4 aromatic rings. The van der Waals surface area contributed by atoms with Gasteiger partial charge in [0.2, 0.25) is 5.78 Å². The van der Waals surface area contributed by atoms with E-state index in [1.54, 1.807) is 0 Å². The van der Waals surface area contributed by atoms with E-state index in [2.05, 4.69) is 0 Å². The first kappa shape index (κ1) is 19.9. The molecule has 1 N–H and O–H groups in total. The number of benzene rings is 2. The molecule has 0 aliphatic carbocycles. The number of carbonyl (C=O) groups is 2. The number of aryl methyl sites for hydroxylation is 1. The van der Waals surface area contributed by atoms with Crippen LogP contribution < -0.4 is 0 Å². The molecule has 0 saturated carbocycles. The Kier molecular flexibility index (Phi) is 4.95. The van der Waals surface area contributed by atoms with Crippen LogP contribution in [0.15, 0.2) is 46.2 Å². The maximum Gasteiger partial charge on any atom is 0.337 e. The summed E-state index contributed by atoms with van der Waals surface area (Å²) in [5.41, 5.74) is -0.0474. The number of ketones is 1. The van der Waals surface area contributed by atoms with Crippen LogP contribution in [-0.2, 0) is 6.42 Å². The van der Waals surface area contributed by atoms with Gasteiger partial charge in [-0.15, -0.1) is 11.3 Å². The molecule has 0 saturated heterocycles. The summed E-state index contributed by atoms with van der Waals surface area (Å²) in [5.74, 6) is -4.80. The molecule has 0 atom stereocenters. The van der Waals surface area contributed by atoms with Crippen LogP contribution >= 0.6 is 11.3 Å². The van der Waals surface area contributed by atoms with Crippen molar-refractivity contribution in [2.45, 2.75) is 13.3 Å². The number of rotatable bonds is 5. The van der Waals surface area contributed by atoms with E-state index in [9.17, 15) is 27.9 Å². The third-order valence-corrected chi connectivity index (χ3v) is 5.80. The highest BCUT2D eigenvalue weighted by Crippen LogP contribution is 2.36. The fraction of sp³-hybridized carbons (Fsp3) is 0.0909. The molecular weight excluding hydrogens is 417 g/mol. The first-order valence-corrected chi connectivity index (χ1v) is 9.65. The first-order valence-electron chi connectivity index (χ1n) is 8.77. The first-order chi connectivity index (χ1) is 14.3. The van der Waals surface area contributed by atoms with Crippen LogP contribution in [0.3, 0.4) is 0 Å². The summed E-state index contributed by atoms with van der Waals surface area (Å²) in [5, 5.41) is 11.2. The number of aromatic carboxylic acids is 1. The Balaban J connectivity index is 1.73. The highest BCUT2D eigenvalue weighted by molar-refractivity contribution is 7.14. The molecule has 0 bridgehead atoms. The van der Waals surface area contributed by atoms with Crippen molar-refractivity contribution < 1.29 is 32.3 Å². The van der Waals surface area contributed by atoms with Gasteiger partial charge in [-0.1, -0.05) is 18.2 Å². The minimum Gasteiger partial charge on any atom is -0.478 e. The van der Waals surface area contributed by atoms with Gasteiger partial charge < -0.3 is 9.52 Å². The lowest BCUT2D eigenvalue weighted by Crippen LogP contribution is -2.07. The van der Waals surface area contributed by atoms with Crippen molar-refractivity contribution in [1.29, 1.82) is 0 Å². The fourth-order valence-corrected chi connectivity index (χ4v) is 4.28. The van der Waals surface area contributed by atoms with Gasteiger partial charge in [0.25, 0.3) is 0 Å². The molecule has 2 heterocycles. The zero-order valence-electron chi connectivity index (χ0n) is 15.5. The third kappa shape index (κ3) is 3.29. The van der Waals surface area contributed by atoms with Gasteiger partial charge in [-0.05, 0) is 41.6 Å². The topological polar surface area (TPSA) is 67.5 Å². The van der Waals surface area contributed by atoms with Crippen molar-refractivity contribution in [3.63, 3.8) is 0 Å². The Labute approximate surface area is 172 Å². The second-order valence-corrected chi connectivity index (χ2v) is 7.57. The zero-order valence-corrected chi connectivity index (χ0v) is 16.3. The lowest BCUT2D eigenvalue weighted by Gasteiger charge is -2.06. The molecule has 4 nitrogen and oxygen atoms in total. The molecule has 0 amide bonds. The van der Waals surface area contributed by atoms with Gasteiger partial charge in [0, 0.05) is 12.0 Å². The number of Topliss-reactive ketones (excluding diaryl/α,β-unsaturated/α-hetero) is 1. The molecule has 0 unspecified atom stereocenters. The number of carboxylic acids is 1. The molecular formula is C22H13F3O4S. The second-order valence-electron chi connectivity index (χ2n) is 6.69. The molecule has 0 aliphatic rings. The maximum atomic E-state index is 14.4. The number of halogens is 3. The quantitative estimate of drug-likeness (QED) is 0.394. The molecule has 0 fully saturated rings. The van der Waals surface area contributed by atoms with Gasteiger partial charge in [0.1, 0.15) is 11.4 Å². The van der Waals surface area contributed by atoms with Crippen molar-refractivity contribution in [2.75, 3.05) is 0 Å². The smallest absolute Gasteiger partial charge is 0.337 e. The summed E-state index contributed by atoms with van der Waals surface area (Å²) in [4.78, 5) is 24.5. The maximum absolute atomic E-state index is 14.4. The highest BCUT2D eigenvalue weighted by atomic mass is 32.1. The lowest BCUT2D eigenvalue weighted by molar-refractivity contribution is 0.0697. The van der Waals surface area contributed by atoms with Crippen LogP contribution in [0.5, 0.6) is 0 Å². The van der Waals surface area contributed by atoms with E-state index in [1.807, 2.05) is 0 Å². The zero-order chi connectivity index (χ0) is 21.6. The van der Waals surface area contributed by atoms with Gasteiger partial charge >= 0.3 is 5.97 Å². The predicted octanol–water partition coefficient (Wildman–Crippen LogP) is 6.01. The van der Waals surface area contributed by atoms with Crippen molar-refractivity contribution in [2.24, 2.45) is 0 Å². The van der Waals surface area contributed by atoms with E-state index in [-0.39, 0.29) is 50.3 Å². The number of furan rings is 1. The molecule has 152 valence electrons. The Bertz CT molecular complexity index is 1320. The van der Waals surface area contributed by atoms with Gasteiger partial charge in [-0.3, -0.25) is 4.79 Å². The SMILES string of the molecule is Cc1ccc(-c2scc(CC(=O)c3cc4c(F)cccc4o3)c2C(=O)O)c(F)c1F. The summed E-state index contributed by atoms with van der Waals surface area (Å²) >= 11 is 0.901. The Hall–Kier alpha value is -3.39. The normalized spacial score (nSPS) is 11.2. The molecule has 0 spiro atoms. The fourth-order valence-electron chi connectivity index (χ4n) is 3.20. The third-order valence-electron chi connectivity index (χ3n) is 4.74. The van der Waals surface area contributed by atoms with Gasteiger partial charge in [0.15, 0.2) is 17.4 Å². The number of hydrogen-bond donors (Lipinski definition) is 1. The van der Waals surface area contributed by atoms with E-state index in [1.165, 1.54) is 48.7 Å².